The van der Waals surface area contributed by atoms with Crippen LogP contribution in [-0.2, 0) is 81.0 Å². The van der Waals surface area contributed by atoms with Gasteiger partial charge in [-0.1, -0.05) is 0 Å². The molecular weight excluding hydrogens is 636 g/mol. The highest BCUT2D eigenvalue weighted by molar-refractivity contribution is 5.74. The predicted octanol–water partition coefficient (Wildman–Crippen LogP) is -1.68. The molecule has 19 heteroatoms. The number of esters is 6. The predicted molar refractivity (Wildman–Crippen MR) is 149 cm³/mol. The first-order valence-corrected chi connectivity index (χ1v) is 14.4. The molecular formula is C28H40N2O17. The minimum absolute atomic E-state index is 0.549. The maximum absolute atomic E-state index is 12.4. The molecule has 10 atom stereocenters. The van der Waals surface area contributed by atoms with Crippen LogP contribution >= 0.6 is 0 Å². The summed E-state index contributed by atoms with van der Waals surface area (Å²) in [4.78, 5) is 96.7. The van der Waals surface area contributed by atoms with Gasteiger partial charge >= 0.3 is 35.8 Å². The van der Waals surface area contributed by atoms with Gasteiger partial charge in [0, 0.05) is 55.4 Å². The van der Waals surface area contributed by atoms with Gasteiger partial charge in [0.1, 0.15) is 43.6 Å². The smallest absolute Gasteiger partial charge is 0.305 e. The van der Waals surface area contributed by atoms with Crippen LogP contribution in [-0.4, -0.2) is 122 Å². The minimum Gasteiger partial charge on any atom is -0.463 e. The van der Waals surface area contributed by atoms with Crippen molar-refractivity contribution >= 4 is 47.6 Å². The monoisotopic (exact) mass is 676 g/mol. The third kappa shape index (κ3) is 12.1. The molecule has 47 heavy (non-hydrogen) atoms. The Balaban J connectivity index is 2.73. The number of hydrogen-bond donors (Lipinski definition) is 2. The molecule has 0 aromatic heterocycles. The van der Waals surface area contributed by atoms with Crippen LogP contribution in [0.15, 0.2) is 0 Å². The van der Waals surface area contributed by atoms with Crippen molar-refractivity contribution in [2.45, 2.75) is 117 Å². The fraction of sp³-hybridized carbons (Fsp3) is 0.714. The lowest BCUT2D eigenvalue weighted by Crippen LogP contribution is -2.70. The van der Waals surface area contributed by atoms with E-state index in [2.05, 4.69) is 10.6 Å². The first kappa shape index (κ1) is 38.8. The third-order valence-electron chi connectivity index (χ3n) is 6.41. The first-order valence-electron chi connectivity index (χ1n) is 14.4. The van der Waals surface area contributed by atoms with Crippen molar-refractivity contribution in [1.82, 2.24) is 10.6 Å². The quantitative estimate of drug-likeness (QED) is 0.173. The summed E-state index contributed by atoms with van der Waals surface area (Å²) in [6, 6.07) is -2.86. The van der Waals surface area contributed by atoms with Crippen molar-refractivity contribution in [3.8, 4) is 0 Å². The molecule has 264 valence electrons. The maximum atomic E-state index is 12.4. The molecule has 6 unspecified atom stereocenters. The van der Waals surface area contributed by atoms with E-state index in [1.165, 1.54) is 0 Å². The van der Waals surface area contributed by atoms with Crippen molar-refractivity contribution in [1.29, 1.82) is 0 Å². The van der Waals surface area contributed by atoms with Gasteiger partial charge in [-0.15, -0.1) is 0 Å². The number of rotatable bonds is 12. The van der Waals surface area contributed by atoms with Gasteiger partial charge in [0.25, 0.3) is 0 Å². The first-order chi connectivity index (χ1) is 21.9. The Hall–Kier alpha value is -4.36. The molecule has 2 rings (SSSR count). The Kier molecular flexibility index (Phi) is 14.5. The van der Waals surface area contributed by atoms with Gasteiger partial charge in [0.05, 0.1) is 0 Å². The molecule has 19 nitrogen and oxygen atoms in total. The Labute approximate surface area is 269 Å². The van der Waals surface area contributed by atoms with Crippen LogP contribution in [0, 0.1) is 0 Å². The van der Waals surface area contributed by atoms with E-state index in [-0.39, 0.29) is 0 Å². The Morgan fingerprint density at radius 1 is 0.468 bits per heavy atom. The number of nitrogens with one attached hydrogen (secondary N) is 2. The summed E-state index contributed by atoms with van der Waals surface area (Å²) in [5, 5.41) is 5.02. The molecule has 2 N–H and O–H groups in total. The number of ether oxygens (including phenoxy) is 9. The van der Waals surface area contributed by atoms with Gasteiger partial charge in [-0.2, -0.15) is 0 Å². The molecule has 2 fully saturated rings. The van der Waals surface area contributed by atoms with Gasteiger partial charge in [-0.3, -0.25) is 38.4 Å². The van der Waals surface area contributed by atoms with Crippen molar-refractivity contribution < 1.29 is 81.0 Å². The number of carbonyl (C=O) groups is 8. The molecule has 2 aliphatic rings. The third-order valence-corrected chi connectivity index (χ3v) is 6.41. The van der Waals surface area contributed by atoms with E-state index < -0.39 is 122 Å². The lowest BCUT2D eigenvalue weighted by molar-refractivity contribution is -0.330. The van der Waals surface area contributed by atoms with Crippen molar-refractivity contribution in [2.24, 2.45) is 0 Å². The lowest BCUT2D eigenvalue weighted by Gasteiger charge is -2.49. The average molecular weight is 677 g/mol. The zero-order valence-electron chi connectivity index (χ0n) is 27.1. The van der Waals surface area contributed by atoms with Crippen LogP contribution in [0.5, 0.6) is 0 Å². The van der Waals surface area contributed by atoms with Gasteiger partial charge < -0.3 is 53.3 Å². The molecule has 2 aliphatic heterocycles. The summed E-state index contributed by atoms with van der Waals surface area (Å²) in [6.07, 6.45) is -12.1. The molecule has 2 heterocycles. The normalized spacial score (nSPS) is 30.0. The highest BCUT2D eigenvalue weighted by atomic mass is 16.8. The van der Waals surface area contributed by atoms with Gasteiger partial charge in [0.2, 0.25) is 18.1 Å². The second-order valence-electron chi connectivity index (χ2n) is 10.6. The molecule has 0 bridgehead atoms. The highest BCUT2D eigenvalue weighted by Crippen LogP contribution is 2.33. The molecule has 0 radical (unpaired) electrons. The van der Waals surface area contributed by atoms with E-state index in [4.69, 9.17) is 42.6 Å². The zero-order chi connectivity index (χ0) is 35.6. The van der Waals surface area contributed by atoms with E-state index >= 15 is 0 Å². The summed E-state index contributed by atoms with van der Waals surface area (Å²) in [7, 11) is 0. The lowest BCUT2D eigenvalue weighted by atomic mass is 9.94. The van der Waals surface area contributed by atoms with Gasteiger partial charge in [-0.05, 0) is 0 Å². The van der Waals surface area contributed by atoms with Crippen LogP contribution in [0.4, 0.5) is 0 Å². The van der Waals surface area contributed by atoms with Crippen molar-refractivity contribution in [3.63, 3.8) is 0 Å². The average Bonchev–Trinajstić information content (AvgIpc) is 2.91. The summed E-state index contributed by atoms with van der Waals surface area (Å²) < 4.78 is 50.1. The van der Waals surface area contributed by atoms with Crippen LogP contribution in [0.3, 0.4) is 0 Å². The highest BCUT2D eigenvalue weighted by Gasteiger charge is 2.56. The fourth-order valence-electron chi connectivity index (χ4n) is 4.95. The van der Waals surface area contributed by atoms with E-state index in [1.54, 1.807) is 0 Å². The van der Waals surface area contributed by atoms with E-state index in [0.717, 1.165) is 55.4 Å². The molecule has 0 aromatic carbocycles. The molecule has 0 aliphatic carbocycles. The Bertz CT molecular complexity index is 1210. The van der Waals surface area contributed by atoms with Gasteiger partial charge in [0.15, 0.2) is 24.6 Å². The van der Waals surface area contributed by atoms with E-state index in [9.17, 15) is 38.4 Å². The topological polar surface area (TPSA) is 244 Å². The van der Waals surface area contributed by atoms with Crippen LogP contribution in [0.1, 0.15) is 55.4 Å². The summed E-state index contributed by atoms with van der Waals surface area (Å²) in [6.45, 7) is 7.56. The van der Waals surface area contributed by atoms with E-state index in [0.29, 0.717) is 0 Å². The van der Waals surface area contributed by atoms with Crippen LogP contribution in [0.2, 0.25) is 0 Å². The fourth-order valence-corrected chi connectivity index (χ4v) is 4.95. The maximum Gasteiger partial charge on any atom is 0.305 e. The Morgan fingerprint density at radius 3 is 1.23 bits per heavy atom. The van der Waals surface area contributed by atoms with Crippen LogP contribution in [0.25, 0.3) is 0 Å². The second-order valence-corrected chi connectivity index (χ2v) is 10.6. The number of hydrogen-bond acceptors (Lipinski definition) is 17. The molecule has 2 amide bonds. The number of amides is 2. The number of carbonyl (C=O) groups excluding carboxylic acids is 8. The molecule has 0 aromatic rings. The zero-order valence-corrected chi connectivity index (χ0v) is 27.1. The van der Waals surface area contributed by atoms with Gasteiger partial charge in [-0.25, -0.2) is 0 Å². The largest absolute Gasteiger partial charge is 0.463 e. The molecule has 0 saturated carbocycles. The summed E-state index contributed by atoms with van der Waals surface area (Å²) in [5.41, 5.74) is 0. The summed E-state index contributed by atoms with van der Waals surface area (Å²) in [5.74, 6) is -6.25. The minimum atomic E-state index is -1.69. The van der Waals surface area contributed by atoms with Crippen LogP contribution < -0.4 is 10.6 Å². The molecule has 0 spiro atoms. The Morgan fingerprint density at radius 2 is 0.830 bits per heavy atom. The second kappa shape index (κ2) is 17.5. The van der Waals surface area contributed by atoms with Crippen molar-refractivity contribution in [2.75, 3.05) is 13.2 Å². The summed E-state index contributed by atoms with van der Waals surface area (Å²) >= 11 is 0. The SMILES string of the molecule is CC(=O)NC1C(OC(C)=O)[C@H](O[C@@H]2OC(COC(C)=O)[C@@H](OC(C)=O)C(OC(C)=O)C2NC(C)=O)C(COC(C)=O)O[C@@H]1OC(C)=O. The van der Waals surface area contributed by atoms with E-state index in [1.807, 2.05) is 0 Å². The standard InChI is InChI=1S/C28H40N2O17/c1-11(31)29-21-26(43-17(7)37)24(20(10-40-14(4)34)45-27(21)44-18(8)38)47-28-22(30-12(2)32)25(42-16(6)36)23(41-15(5)35)19(46-28)9-39-13(3)33/h19-28H,9-10H2,1-8H3,(H,29,31)(H,30,32)/t19?,20?,21?,22?,23-,24-,25?,26?,27+,28+/m1/s1. The molecule has 2 saturated heterocycles. The van der Waals surface area contributed by atoms with Crippen molar-refractivity contribution in [3.05, 3.63) is 0 Å².